The fourth-order valence-corrected chi connectivity index (χ4v) is 2.19. The molecule has 16 heavy (non-hydrogen) atoms. The number of aliphatic carboxylic acids is 1. The van der Waals surface area contributed by atoms with Crippen LogP contribution in [0.2, 0.25) is 0 Å². The van der Waals surface area contributed by atoms with Crippen LogP contribution in [0.1, 0.15) is 12.0 Å². The third-order valence-corrected chi connectivity index (χ3v) is 2.93. The molecule has 1 atom stereocenters. The highest BCUT2D eigenvalue weighted by atomic mass is 16.4. The van der Waals surface area contributed by atoms with Crippen LogP contribution in [0.15, 0.2) is 24.3 Å². The number of hydrogen-bond acceptors (Lipinski definition) is 3. The standard InChI is InChI=1S/C12H15NO3/c14-7-3-6-13-10-5-2-1-4-9(10)8-11(13)12(15)16/h1-2,4-5,11,14H,3,6-8H2,(H,15,16). The highest BCUT2D eigenvalue weighted by Crippen LogP contribution is 2.31. The van der Waals surface area contributed by atoms with Crippen LogP contribution < -0.4 is 4.90 Å². The minimum absolute atomic E-state index is 0.0883. The lowest BCUT2D eigenvalue weighted by Gasteiger charge is -2.24. The van der Waals surface area contributed by atoms with Crippen molar-refractivity contribution in [2.45, 2.75) is 18.9 Å². The Morgan fingerprint density at radius 3 is 2.88 bits per heavy atom. The second-order valence-corrected chi connectivity index (χ2v) is 3.96. The van der Waals surface area contributed by atoms with Crippen LogP contribution in [-0.4, -0.2) is 35.4 Å². The highest BCUT2D eigenvalue weighted by Gasteiger charge is 2.33. The Kier molecular flexibility index (Phi) is 3.10. The van der Waals surface area contributed by atoms with E-state index in [4.69, 9.17) is 10.2 Å². The molecule has 0 aromatic heterocycles. The maximum atomic E-state index is 11.1. The van der Waals surface area contributed by atoms with Gasteiger partial charge in [0, 0.05) is 25.3 Å². The Bertz CT molecular complexity index is 392. The van der Waals surface area contributed by atoms with Crippen LogP contribution in [0.3, 0.4) is 0 Å². The van der Waals surface area contributed by atoms with Gasteiger partial charge in [0.1, 0.15) is 6.04 Å². The van der Waals surface area contributed by atoms with Gasteiger partial charge in [-0.2, -0.15) is 0 Å². The molecule has 4 heteroatoms. The van der Waals surface area contributed by atoms with Gasteiger partial charge in [-0.05, 0) is 18.1 Å². The van der Waals surface area contributed by atoms with Gasteiger partial charge in [0.05, 0.1) is 0 Å². The Morgan fingerprint density at radius 1 is 1.44 bits per heavy atom. The number of anilines is 1. The van der Waals surface area contributed by atoms with Gasteiger partial charge in [0.15, 0.2) is 0 Å². The van der Waals surface area contributed by atoms with Crippen molar-refractivity contribution in [2.75, 3.05) is 18.1 Å². The average molecular weight is 221 g/mol. The van der Waals surface area contributed by atoms with E-state index in [1.807, 2.05) is 29.2 Å². The van der Waals surface area contributed by atoms with Crippen LogP contribution in [0.25, 0.3) is 0 Å². The van der Waals surface area contributed by atoms with Crippen molar-refractivity contribution in [3.05, 3.63) is 29.8 Å². The maximum Gasteiger partial charge on any atom is 0.326 e. The Morgan fingerprint density at radius 2 is 2.19 bits per heavy atom. The SMILES string of the molecule is O=C(O)C1Cc2ccccc2N1CCCO. The molecule has 0 saturated carbocycles. The van der Waals surface area contributed by atoms with Crippen molar-refractivity contribution in [2.24, 2.45) is 0 Å². The van der Waals surface area contributed by atoms with Gasteiger partial charge in [0.2, 0.25) is 0 Å². The molecule has 1 heterocycles. The number of carbonyl (C=O) groups is 1. The molecular weight excluding hydrogens is 206 g/mol. The Hall–Kier alpha value is -1.55. The largest absolute Gasteiger partial charge is 0.480 e. The topological polar surface area (TPSA) is 60.8 Å². The minimum Gasteiger partial charge on any atom is -0.480 e. The monoisotopic (exact) mass is 221 g/mol. The molecule has 4 nitrogen and oxygen atoms in total. The first-order chi connectivity index (χ1) is 7.74. The molecule has 1 aliphatic rings. The van der Waals surface area contributed by atoms with Crippen LogP contribution in [0.4, 0.5) is 5.69 Å². The van der Waals surface area contributed by atoms with E-state index in [0.29, 0.717) is 19.4 Å². The van der Waals surface area contributed by atoms with Crippen molar-refractivity contribution in [1.82, 2.24) is 0 Å². The van der Waals surface area contributed by atoms with E-state index in [9.17, 15) is 4.79 Å². The van der Waals surface area contributed by atoms with Gasteiger partial charge in [-0.1, -0.05) is 18.2 Å². The van der Waals surface area contributed by atoms with Gasteiger partial charge in [-0.25, -0.2) is 4.79 Å². The van der Waals surface area contributed by atoms with Crippen molar-refractivity contribution in [3.63, 3.8) is 0 Å². The number of aliphatic hydroxyl groups is 1. The number of benzene rings is 1. The van der Waals surface area contributed by atoms with Gasteiger partial charge in [-0.3, -0.25) is 0 Å². The third-order valence-electron chi connectivity index (χ3n) is 2.93. The predicted octanol–water partition coefficient (Wildman–Crippen LogP) is 0.885. The second-order valence-electron chi connectivity index (χ2n) is 3.96. The summed E-state index contributed by atoms with van der Waals surface area (Å²) < 4.78 is 0. The minimum atomic E-state index is -0.797. The maximum absolute atomic E-state index is 11.1. The molecule has 0 spiro atoms. The summed E-state index contributed by atoms with van der Waals surface area (Å²) in [7, 11) is 0. The Labute approximate surface area is 94.1 Å². The summed E-state index contributed by atoms with van der Waals surface area (Å²) in [6, 6.07) is 7.26. The molecule has 0 radical (unpaired) electrons. The summed E-state index contributed by atoms with van der Waals surface area (Å²) >= 11 is 0. The summed E-state index contributed by atoms with van der Waals surface area (Å²) in [5.74, 6) is -0.797. The highest BCUT2D eigenvalue weighted by molar-refractivity contribution is 5.82. The van der Waals surface area contributed by atoms with Gasteiger partial charge in [0.25, 0.3) is 0 Å². The summed E-state index contributed by atoms with van der Waals surface area (Å²) in [5, 5.41) is 18.0. The van der Waals surface area contributed by atoms with Gasteiger partial charge in [-0.15, -0.1) is 0 Å². The lowest BCUT2D eigenvalue weighted by atomic mass is 10.1. The van der Waals surface area contributed by atoms with Crippen LogP contribution in [-0.2, 0) is 11.2 Å². The van der Waals surface area contributed by atoms with Crippen LogP contribution >= 0.6 is 0 Å². The molecular formula is C12H15NO3. The third kappa shape index (κ3) is 1.88. The summed E-state index contributed by atoms with van der Waals surface area (Å²) in [4.78, 5) is 13.0. The molecule has 0 aliphatic carbocycles. The zero-order valence-electron chi connectivity index (χ0n) is 8.97. The van der Waals surface area contributed by atoms with E-state index < -0.39 is 12.0 Å². The summed E-state index contributed by atoms with van der Waals surface area (Å²) in [6.07, 6.45) is 1.15. The zero-order chi connectivity index (χ0) is 11.5. The van der Waals surface area contributed by atoms with Crippen molar-refractivity contribution in [3.8, 4) is 0 Å². The molecule has 2 N–H and O–H groups in total. The van der Waals surface area contributed by atoms with E-state index in [0.717, 1.165) is 11.3 Å². The molecule has 1 aromatic carbocycles. The van der Waals surface area contributed by atoms with Gasteiger partial charge >= 0.3 is 5.97 Å². The quantitative estimate of drug-likeness (QED) is 0.792. The van der Waals surface area contributed by atoms with E-state index in [2.05, 4.69) is 0 Å². The number of fused-ring (bicyclic) bond motifs is 1. The molecule has 1 aliphatic heterocycles. The molecule has 0 saturated heterocycles. The van der Waals surface area contributed by atoms with E-state index >= 15 is 0 Å². The summed E-state index contributed by atoms with van der Waals surface area (Å²) in [5.41, 5.74) is 2.07. The number of aliphatic hydroxyl groups excluding tert-OH is 1. The molecule has 86 valence electrons. The lowest BCUT2D eigenvalue weighted by molar-refractivity contribution is -0.138. The molecule has 2 rings (SSSR count). The number of hydrogen-bond donors (Lipinski definition) is 2. The molecule has 0 bridgehead atoms. The van der Waals surface area contributed by atoms with E-state index in [1.165, 1.54) is 0 Å². The first kappa shape index (κ1) is 11.0. The van der Waals surface area contributed by atoms with Crippen molar-refractivity contribution < 1.29 is 15.0 Å². The molecule has 1 unspecified atom stereocenters. The van der Waals surface area contributed by atoms with E-state index in [1.54, 1.807) is 0 Å². The number of para-hydroxylation sites is 1. The number of carboxylic acid groups (broad SMARTS) is 1. The fraction of sp³-hybridized carbons (Fsp3) is 0.417. The lowest BCUT2D eigenvalue weighted by Crippen LogP contribution is -2.39. The first-order valence-electron chi connectivity index (χ1n) is 5.42. The smallest absolute Gasteiger partial charge is 0.326 e. The molecule has 1 aromatic rings. The van der Waals surface area contributed by atoms with Gasteiger partial charge < -0.3 is 15.1 Å². The first-order valence-corrected chi connectivity index (χ1v) is 5.42. The Balaban J connectivity index is 2.25. The second kappa shape index (κ2) is 4.53. The van der Waals surface area contributed by atoms with Crippen LogP contribution in [0, 0.1) is 0 Å². The van der Waals surface area contributed by atoms with Crippen molar-refractivity contribution in [1.29, 1.82) is 0 Å². The fourth-order valence-electron chi connectivity index (χ4n) is 2.19. The van der Waals surface area contributed by atoms with Crippen LogP contribution in [0.5, 0.6) is 0 Å². The molecule has 0 amide bonds. The summed E-state index contributed by atoms with van der Waals surface area (Å²) in [6.45, 7) is 0.676. The average Bonchev–Trinajstić information content (AvgIpc) is 2.65. The number of carboxylic acids is 1. The predicted molar refractivity (Wildman–Crippen MR) is 60.6 cm³/mol. The van der Waals surface area contributed by atoms with Crippen molar-refractivity contribution >= 4 is 11.7 Å². The zero-order valence-corrected chi connectivity index (χ0v) is 8.97. The number of nitrogens with zero attached hydrogens (tertiary/aromatic N) is 1. The normalized spacial score (nSPS) is 18.6. The molecule has 0 fully saturated rings. The number of rotatable bonds is 4. The van der Waals surface area contributed by atoms with E-state index in [-0.39, 0.29) is 6.61 Å².